The van der Waals surface area contributed by atoms with Crippen molar-refractivity contribution in [3.63, 3.8) is 0 Å². The van der Waals surface area contributed by atoms with E-state index in [0.29, 0.717) is 11.8 Å². The van der Waals surface area contributed by atoms with Crippen molar-refractivity contribution in [2.45, 2.75) is 25.2 Å². The molecule has 0 aromatic carbocycles. The topological polar surface area (TPSA) is 64.1 Å². The van der Waals surface area contributed by atoms with E-state index in [9.17, 15) is 14.0 Å². The number of hydrogen-bond acceptors (Lipinski definition) is 3. The van der Waals surface area contributed by atoms with Crippen molar-refractivity contribution in [3.05, 3.63) is 32.9 Å². The Morgan fingerprint density at radius 2 is 2.31 bits per heavy atom. The van der Waals surface area contributed by atoms with Crippen LogP contribution in [0.25, 0.3) is 0 Å². The summed E-state index contributed by atoms with van der Waals surface area (Å²) in [6, 6.07) is 0. The van der Waals surface area contributed by atoms with Gasteiger partial charge in [-0.3, -0.25) is 14.3 Å². The second kappa shape index (κ2) is 4.50. The summed E-state index contributed by atoms with van der Waals surface area (Å²) in [4.78, 5) is 24.2. The third-order valence-corrected chi connectivity index (χ3v) is 3.21. The molecule has 88 valence electrons. The van der Waals surface area contributed by atoms with Gasteiger partial charge < -0.3 is 4.74 Å². The molecule has 5 nitrogen and oxygen atoms in total. The normalized spacial score (nSPS) is 24.9. The summed E-state index contributed by atoms with van der Waals surface area (Å²) in [6.07, 6.45) is 1.83. The number of H-pyrrole nitrogens is 1. The Morgan fingerprint density at radius 1 is 1.56 bits per heavy atom. The van der Waals surface area contributed by atoms with Gasteiger partial charge in [-0.15, -0.1) is 0 Å². The monoisotopic (exact) mass is 292 g/mol. The minimum Gasteiger partial charge on any atom is -0.354 e. The molecule has 2 atom stereocenters. The second-order valence-electron chi connectivity index (χ2n) is 3.59. The number of aromatic nitrogens is 2. The Kier molecular flexibility index (Phi) is 3.25. The molecule has 0 spiro atoms. The molecule has 0 amide bonds. The number of hydrogen-bond donors (Lipinski definition) is 1. The number of halogens is 2. The zero-order valence-electron chi connectivity index (χ0n) is 8.28. The molecule has 1 aliphatic rings. The van der Waals surface area contributed by atoms with Crippen LogP contribution in [0, 0.1) is 5.82 Å². The largest absolute Gasteiger partial charge is 0.354 e. The molecule has 1 aromatic heterocycles. The van der Waals surface area contributed by atoms with Crippen LogP contribution in [0.2, 0.25) is 0 Å². The van der Waals surface area contributed by atoms with Crippen LogP contribution in [0.4, 0.5) is 4.39 Å². The molecule has 1 aliphatic heterocycles. The lowest BCUT2D eigenvalue weighted by Crippen LogP contribution is -2.33. The molecule has 7 heteroatoms. The summed E-state index contributed by atoms with van der Waals surface area (Å²) in [5, 5.41) is 0.671. The van der Waals surface area contributed by atoms with Crippen LogP contribution < -0.4 is 11.2 Å². The van der Waals surface area contributed by atoms with Crippen LogP contribution >= 0.6 is 15.9 Å². The van der Waals surface area contributed by atoms with E-state index in [1.807, 2.05) is 4.98 Å². The predicted molar refractivity (Wildman–Crippen MR) is 58.2 cm³/mol. The van der Waals surface area contributed by atoms with E-state index in [-0.39, 0.29) is 6.10 Å². The SMILES string of the molecule is O=c1[nH]c(=O)n([C@H]2CC[C@H](CBr)O2)cc1F. The lowest BCUT2D eigenvalue weighted by molar-refractivity contribution is 0.00987. The van der Waals surface area contributed by atoms with Crippen LogP contribution in [0.5, 0.6) is 0 Å². The van der Waals surface area contributed by atoms with Gasteiger partial charge >= 0.3 is 5.69 Å². The van der Waals surface area contributed by atoms with Crippen LogP contribution in [0.3, 0.4) is 0 Å². The average molecular weight is 293 g/mol. The van der Waals surface area contributed by atoms with E-state index in [1.54, 1.807) is 0 Å². The molecule has 1 N–H and O–H groups in total. The second-order valence-corrected chi connectivity index (χ2v) is 4.24. The fraction of sp³-hybridized carbons (Fsp3) is 0.556. The zero-order valence-corrected chi connectivity index (χ0v) is 9.87. The molecule has 0 radical (unpaired) electrons. The van der Waals surface area contributed by atoms with Gasteiger partial charge in [-0.2, -0.15) is 4.39 Å². The molecule has 1 fully saturated rings. The minimum absolute atomic E-state index is 0.0203. The number of nitrogens with one attached hydrogen (secondary N) is 1. The zero-order chi connectivity index (χ0) is 11.7. The fourth-order valence-corrected chi connectivity index (χ4v) is 2.16. The van der Waals surface area contributed by atoms with Crippen molar-refractivity contribution >= 4 is 15.9 Å². The van der Waals surface area contributed by atoms with Crippen LogP contribution in [0.1, 0.15) is 19.1 Å². The van der Waals surface area contributed by atoms with Gasteiger partial charge in [0, 0.05) is 5.33 Å². The van der Waals surface area contributed by atoms with E-state index in [2.05, 4.69) is 15.9 Å². The highest BCUT2D eigenvalue weighted by Gasteiger charge is 2.26. The van der Waals surface area contributed by atoms with Gasteiger partial charge in [-0.05, 0) is 12.8 Å². The van der Waals surface area contributed by atoms with E-state index < -0.39 is 23.3 Å². The van der Waals surface area contributed by atoms with Crippen molar-refractivity contribution in [1.29, 1.82) is 0 Å². The third kappa shape index (κ3) is 2.10. The van der Waals surface area contributed by atoms with Crippen LogP contribution in [0.15, 0.2) is 15.8 Å². The molecule has 0 saturated carbocycles. The molecule has 2 heterocycles. The summed E-state index contributed by atoms with van der Waals surface area (Å²) < 4.78 is 19.6. The summed E-state index contributed by atoms with van der Waals surface area (Å²) in [7, 11) is 0. The first kappa shape index (κ1) is 11.5. The Labute approximate surface area is 98.4 Å². The molecular formula is C9H10BrFN2O3. The van der Waals surface area contributed by atoms with E-state index in [0.717, 1.165) is 17.2 Å². The number of rotatable bonds is 2. The standard InChI is InChI=1S/C9H10BrFN2O3/c10-3-5-1-2-7(16-5)13-4-6(11)8(14)12-9(13)15/h4-5,7H,1-3H2,(H,12,14,15)/t5-,7-/m1/s1. The first-order valence-corrected chi connectivity index (χ1v) is 5.96. The summed E-state index contributed by atoms with van der Waals surface area (Å²) in [5.41, 5.74) is -1.65. The smallest absolute Gasteiger partial charge is 0.330 e. The van der Waals surface area contributed by atoms with Crippen LogP contribution in [-0.2, 0) is 4.74 Å². The molecule has 1 saturated heterocycles. The molecule has 0 aliphatic carbocycles. The molecule has 0 bridgehead atoms. The Hall–Kier alpha value is -0.950. The lowest BCUT2D eigenvalue weighted by Gasteiger charge is -2.14. The van der Waals surface area contributed by atoms with E-state index in [4.69, 9.17) is 4.74 Å². The van der Waals surface area contributed by atoms with Gasteiger partial charge in [0.05, 0.1) is 12.3 Å². The maximum atomic E-state index is 13.0. The van der Waals surface area contributed by atoms with Gasteiger partial charge in [0.15, 0.2) is 0 Å². The summed E-state index contributed by atoms with van der Waals surface area (Å²) in [6.45, 7) is 0. The minimum atomic E-state index is -1.00. The van der Waals surface area contributed by atoms with Gasteiger partial charge in [-0.1, -0.05) is 15.9 Å². The van der Waals surface area contributed by atoms with Crippen molar-refractivity contribution in [2.75, 3.05) is 5.33 Å². The number of nitrogens with zero attached hydrogens (tertiary/aromatic N) is 1. The highest BCUT2D eigenvalue weighted by atomic mass is 79.9. The molecule has 1 aromatic rings. The maximum Gasteiger partial charge on any atom is 0.330 e. The first-order valence-electron chi connectivity index (χ1n) is 4.84. The molecular weight excluding hydrogens is 283 g/mol. The van der Waals surface area contributed by atoms with Gasteiger partial charge in [0.1, 0.15) is 6.23 Å². The third-order valence-electron chi connectivity index (χ3n) is 2.49. The Balaban J connectivity index is 2.32. The molecule has 2 rings (SSSR count). The Morgan fingerprint density at radius 3 is 2.94 bits per heavy atom. The maximum absolute atomic E-state index is 13.0. The number of ether oxygens (including phenoxy) is 1. The first-order chi connectivity index (χ1) is 7.61. The van der Waals surface area contributed by atoms with Crippen molar-refractivity contribution in [3.8, 4) is 0 Å². The van der Waals surface area contributed by atoms with E-state index in [1.165, 1.54) is 0 Å². The van der Waals surface area contributed by atoms with Gasteiger partial charge in [0.25, 0.3) is 5.56 Å². The summed E-state index contributed by atoms with van der Waals surface area (Å²) >= 11 is 3.28. The molecule has 0 unspecified atom stereocenters. The quantitative estimate of drug-likeness (QED) is 0.818. The fourth-order valence-electron chi connectivity index (χ4n) is 1.68. The van der Waals surface area contributed by atoms with Crippen molar-refractivity contribution in [1.82, 2.24) is 9.55 Å². The van der Waals surface area contributed by atoms with Gasteiger partial charge in [-0.25, -0.2) is 4.79 Å². The van der Waals surface area contributed by atoms with Crippen LogP contribution in [-0.4, -0.2) is 21.0 Å². The van der Waals surface area contributed by atoms with E-state index >= 15 is 0 Å². The molecule has 16 heavy (non-hydrogen) atoms. The number of alkyl halides is 1. The lowest BCUT2D eigenvalue weighted by atomic mass is 10.2. The predicted octanol–water partition coefficient (Wildman–Crippen LogP) is 0.748. The highest BCUT2D eigenvalue weighted by Crippen LogP contribution is 2.27. The Bertz CT molecular complexity index is 498. The van der Waals surface area contributed by atoms with Crippen molar-refractivity contribution in [2.24, 2.45) is 0 Å². The number of aromatic amines is 1. The average Bonchev–Trinajstić information content (AvgIpc) is 2.71. The van der Waals surface area contributed by atoms with Crippen molar-refractivity contribution < 1.29 is 9.13 Å². The summed E-state index contributed by atoms with van der Waals surface area (Å²) in [5.74, 6) is -0.981. The van der Waals surface area contributed by atoms with Gasteiger partial charge in [0.2, 0.25) is 5.82 Å². The highest BCUT2D eigenvalue weighted by molar-refractivity contribution is 9.09.